The van der Waals surface area contributed by atoms with Crippen molar-refractivity contribution in [2.45, 2.75) is 51.2 Å². The van der Waals surface area contributed by atoms with Crippen LogP contribution >= 0.6 is 15.9 Å². The second-order valence-corrected chi connectivity index (χ2v) is 9.72. The summed E-state index contributed by atoms with van der Waals surface area (Å²) >= 11 is 3.61. The van der Waals surface area contributed by atoms with Crippen LogP contribution < -0.4 is 14.8 Å². The van der Waals surface area contributed by atoms with Gasteiger partial charge in [-0.25, -0.2) is 0 Å². The van der Waals surface area contributed by atoms with Crippen molar-refractivity contribution in [1.82, 2.24) is 10.2 Å². The summed E-state index contributed by atoms with van der Waals surface area (Å²) in [7, 11) is 1.61. The first-order valence-electron chi connectivity index (χ1n) is 12.0. The third kappa shape index (κ3) is 6.14. The molecule has 1 aliphatic rings. The van der Waals surface area contributed by atoms with Gasteiger partial charge in [0.25, 0.3) is 5.91 Å². The molecule has 35 heavy (non-hydrogen) atoms. The van der Waals surface area contributed by atoms with Crippen molar-refractivity contribution in [2.75, 3.05) is 13.7 Å². The Labute approximate surface area is 214 Å². The third-order valence-corrected chi connectivity index (χ3v) is 7.35. The molecule has 1 aliphatic carbocycles. The van der Waals surface area contributed by atoms with Crippen LogP contribution in [-0.4, -0.2) is 42.5 Å². The molecular weight excluding hydrogens is 508 g/mol. The first kappa shape index (κ1) is 25.0. The zero-order valence-corrected chi connectivity index (χ0v) is 21.7. The number of fused-ring (bicyclic) bond motifs is 1. The fourth-order valence-corrected chi connectivity index (χ4v) is 5.10. The molecule has 0 aliphatic heterocycles. The molecule has 0 unspecified atom stereocenters. The van der Waals surface area contributed by atoms with Gasteiger partial charge in [0.2, 0.25) is 5.91 Å². The summed E-state index contributed by atoms with van der Waals surface area (Å²) in [5.41, 5.74) is 0.880. The minimum atomic E-state index is -0.641. The maximum atomic E-state index is 13.4. The van der Waals surface area contributed by atoms with Gasteiger partial charge in [0.1, 0.15) is 17.5 Å². The van der Waals surface area contributed by atoms with E-state index in [-0.39, 0.29) is 31.0 Å². The van der Waals surface area contributed by atoms with Crippen molar-refractivity contribution in [3.8, 4) is 11.5 Å². The molecule has 0 saturated heterocycles. The minimum Gasteiger partial charge on any atom is -0.497 e. The number of nitrogens with zero attached hydrogens (tertiary/aromatic N) is 1. The number of hydrogen-bond donors (Lipinski definition) is 1. The van der Waals surface area contributed by atoms with Crippen LogP contribution in [0.5, 0.6) is 11.5 Å². The predicted octanol–water partition coefficient (Wildman–Crippen LogP) is 5.47. The lowest BCUT2D eigenvalue weighted by atomic mass is 10.1. The van der Waals surface area contributed by atoms with Gasteiger partial charge in [-0.05, 0) is 70.2 Å². The Bertz CT molecular complexity index is 1190. The third-order valence-electron chi connectivity index (χ3n) is 6.53. The smallest absolute Gasteiger partial charge is 0.261 e. The Morgan fingerprint density at radius 1 is 1.09 bits per heavy atom. The summed E-state index contributed by atoms with van der Waals surface area (Å²) < 4.78 is 12.1. The molecular formula is C28H31BrN2O4. The van der Waals surface area contributed by atoms with E-state index < -0.39 is 6.04 Å². The van der Waals surface area contributed by atoms with Gasteiger partial charge in [-0.3, -0.25) is 9.59 Å². The number of ether oxygens (including phenoxy) is 2. The Balaban J connectivity index is 1.51. The maximum absolute atomic E-state index is 13.4. The highest BCUT2D eigenvalue weighted by Crippen LogP contribution is 2.33. The Morgan fingerprint density at radius 2 is 1.86 bits per heavy atom. The summed E-state index contributed by atoms with van der Waals surface area (Å²) in [6.45, 7) is 1.87. The number of benzene rings is 3. The number of hydrogen-bond acceptors (Lipinski definition) is 4. The maximum Gasteiger partial charge on any atom is 0.261 e. The molecule has 0 aromatic heterocycles. The minimum absolute atomic E-state index is 0.139. The second kappa shape index (κ2) is 11.6. The molecule has 0 heterocycles. The topological polar surface area (TPSA) is 67.9 Å². The normalized spacial score (nSPS) is 14.5. The molecule has 1 fully saturated rings. The summed E-state index contributed by atoms with van der Waals surface area (Å²) in [5.74, 6) is 0.887. The molecule has 3 aromatic rings. The quantitative estimate of drug-likeness (QED) is 0.392. The molecule has 0 radical (unpaired) electrons. The van der Waals surface area contributed by atoms with Crippen molar-refractivity contribution in [3.05, 3.63) is 70.7 Å². The van der Waals surface area contributed by atoms with Crippen molar-refractivity contribution < 1.29 is 19.1 Å². The van der Waals surface area contributed by atoms with Crippen molar-refractivity contribution >= 4 is 38.5 Å². The first-order chi connectivity index (χ1) is 17.0. The van der Waals surface area contributed by atoms with E-state index in [1.165, 1.54) is 0 Å². The molecule has 184 valence electrons. The van der Waals surface area contributed by atoms with E-state index in [1.807, 2.05) is 60.7 Å². The summed E-state index contributed by atoms with van der Waals surface area (Å²) in [6, 6.07) is 18.8. The fraction of sp³-hybridized carbons (Fsp3) is 0.357. The van der Waals surface area contributed by atoms with Crippen molar-refractivity contribution in [1.29, 1.82) is 0 Å². The molecule has 1 N–H and O–H groups in total. The highest BCUT2D eigenvalue weighted by molar-refractivity contribution is 9.10. The van der Waals surface area contributed by atoms with Crippen molar-refractivity contribution in [3.63, 3.8) is 0 Å². The molecule has 1 atom stereocenters. The van der Waals surface area contributed by atoms with E-state index in [1.54, 1.807) is 18.9 Å². The molecule has 4 rings (SSSR count). The van der Waals surface area contributed by atoms with E-state index in [2.05, 4.69) is 21.2 Å². The van der Waals surface area contributed by atoms with Gasteiger partial charge in [0.05, 0.1) is 11.6 Å². The summed E-state index contributed by atoms with van der Waals surface area (Å²) in [6.07, 6.45) is 4.23. The second-order valence-electron chi connectivity index (χ2n) is 8.93. The van der Waals surface area contributed by atoms with E-state index in [9.17, 15) is 9.59 Å². The number of carbonyl (C=O) groups is 2. The lowest BCUT2D eigenvalue weighted by molar-refractivity contribution is -0.142. The lowest BCUT2D eigenvalue weighted by Crippen LogP contribution is -2.50. The Morgan fingerprint density at radius 3 is 2.63 bits per heavy atom. The number of methoxy groups -OCH3 is 1. The van der Waals surface area contributed by atoms with Gasteiger partial charge >= 0.3 is 0 Å². The standard InChI is InChI=1S/C28H31BrN2O4/c1-19(28(33)30-22-10-4-5-11-22)31(17-20-8-7-12-23(16-20)34-2)26(32)18-35-25-15-14-21-9-3-6-13-24(21)27(25)29/h3,6-9,12-16,19,22H,4-5,10-11,17-18H2,1-2H3,(H,30,33)/t19-/m0/s1. The van der Waals surface area contributed by atoms with E-state index in [4.69, 9.17) is 9.47 Å². The van der Waals surface area contributed by atoms with Gasteiger partial charge in [-0.1, -0.05) is 55.3 Å². The largest absolute Gasteiger partial charge is 0.497 e. The summed E-state index contributed by atoms with van der Waals surface area (Å²) in [4.78, 5) is 28.0. The number of halogens is 1. The van der Waals surface area contributed by atoms with E-state index in [0.29, 0.717) is 11.5 Å². The highest BCUT2D eigenvalue weighted by Gasteiger charge is 2.29. The highest BCUT2D eigenvalue weighted by atomic mass is 79.9. The van der Waals surface area contributed by atoms with Crippen LogP contribution in [0, 0.1) is 0 Å². The van der Waals surface area contributed by atoms with E-state index in [0.717, 1.165) is 46.5 Å². The van der Waals surface area contributed by atoms with Crippen LogP contribution in [0.2, 0.25) is 0 Å². The molecule has 0 bridgehead atoms. The number of rotatable bonds is 9. The van der Waals surface area contributed by atoms with Crippen LogP contribution in [0.25, 0.3) is 10.8 Å². The number of carbonyl (C=O) groups excluding carboxylic acids is 2. The molecule has 3 aromatic carbocycles. The van der Waals surface area contributed by atoms with Crippen molar-refractivity contribution in [2.24, 2.45) is 0 Å². The zero-order valence-electron chi connectivity index (χ0n) is 20.1. The average molecular weight is 539 g/mol. The van der Waals surface area contributed by atoms with Crippen LogP contribution in [0.15, 0.2) is 65.1 Å². The SMILES string of the molecule is COc1cccc(CN(C(=O)COc2ccc3ccccc3c2Br)[C@@H](C)C(=O)NC2CCCC2)c1. The Hall–Kier alpha value is -3.06. The van der Waals surface area contributed by atoms with Gasteiger partial charge in [0.15, 0.2) is 6.61 Å². The fourth-order valence-electron chi connectivity index (χ4n) is 4.49. The van der Waals surface area contributed by atoms with Gasteiger partial charge in [-0.2, -0.15) is 0 Å². The molecule has 1 saturated carbocycles. The van der Waals surface area contributed by atoms with Gasteiger partial charge < -0.3 is 19.7 Å². The zero-order chi connectivity index (χ0) is 24.8. The molecule has 2 amide bonds. The lowest BCUT2D eigenvalue weighted by Gasteiger charge is -2.30. The average Bonchev–Trinajstić information content (AvgIpc) is 3.39. The summed E-state index contributed by atoms with van der Waals surface area (Å²) in [5, 5.41) is 5.21. The molecule has 7 heteroatoms. The first-order valence-corrected chi connectivity index (χ1v) is 12.8. The Kier molecular flexibility index (Phi) is 8.29. The van der Waals surface area contributed by atoms with E-state index >= 15 is 0 Å². The van der Waals surface area contributed by atoms with Gasteiger partial charge in [-0.15, -0.1) is 0 Å². The van der Waals surface area contributed by atoms with Gasteiger partial charge in [0, 0.05) is 12.6 Å². The number of amides is 2. The van der Waals surface area contributed by atoms with Crippen LogP contribution in [0.3, 0.4) is 0 Å². The predicted molar refractivity (Wildman–Crippen MR) is 141 cm³/mol. The molecule has 0 spiro atoms. The van der Waals surface area contributed by atoms with Crippen LogP contribution in [0.1, 0.15) is 38.2 Å². The van der Waals surface area contributed by atoms with Crippen LogP contribution in [0.4, 0.5) is 0 Å². The van der Waals surface area contributed by atoms with Crippen LogP contribution in [-0.2, 0) is 16.1 Å². The number of nitrogens with one attached hydrogen (secondary N) is 1. The molecule has 6 nitrogen and oxygen atoms in total. The monoisotopic (exact) mass is 538 g/mol.